The lowest BCUT2D eigenvalue weighted by atomic mass is 10.4. The first kappa shape index (κ1) is 16.4. The van der Waals surface area contributed by atoms with Crippen LogP contribution in [0, 0.1) is 0 Å². The van der Waals surface area contributed by atoms with Gasteiger partial charge in [0.15, 0.2) is 0 Å². The molecule has 1 aliphatic rings. The number of nitrogens with one attached hydrogen (secondary N) is 1. The Bertz CT molecular complexity index is 160. The van der Waals surface area contributed by atoms with Crippen LogP contribution in [0.3, 0.4) is 0 Å². The summed E-state index contributed by atoms with van der Waals surface area (Å²) in [5, 5.41) is 11.0. The van der Waals surface area contributed by atoms with E-state index in [1.165, 1.54) is 0 Å². The van der Waals surface area contributed by atoms with Crippen molar-refractivity contribution in [1.29, 1.82) is 0 Å². The number of aliphatic hydroxyl groups excluding tert-OH is 1. The number of ether oxygens (including phenoxy) is 2. The number of hydrogen-bond donors (Lipinski definition) is 2. The molecular weight excluding hydrogens is 222 g/mol. The molecule has 0 aromatic heterocycles. The van der Waals surface area contributed by atoms with Crippen LogP contribution in [0.15, 0.2) is 0 Å². The summed E-state index contributed by atoms with van der Waals surface area (Å²) in [5.41, 5.74) is 0. The number of carbonyl (C=O) groups is 1. The molecule has 1 saturated heterocycles. The van der Waals surface area contributed by atoms with E-state index in [2.05, 4.69) is 12.2 Å². The molecule has 1 fully saturated rings. The van der Waals surface area contributed by atoms with Crippen LogP contribution in [0.4, 0.5) is 0 Å². The van der Waals surface area contributed by atoms with Crippen molar-refractivity contribution in [2.75, 3.05) is 39.6 Å². The van der Waals surface area contributed by atoms with Gasteiger partial charge in [-0.05, 0) is 12.8 Å². The number of carbonyl (C=O) groups excluding carboxylic acids is 1. The molecule has 0 bridgehead atoms. The zero-order valence-corrected chi connectivity index (χ0v) is 10.7. The monoisotopic (exact) mass is 247 g/mol. The van der Waals surface area contributed by atoms with Crippen LogP contribution >= 0.6 is 0 Å². The van der Waals surface area contributed by atoms with E-state index in [0.29, 0.717) is 19.8 Å². The number of aliphatic hydroxyl groups is 1. The topological polar surface area (TPSA) is 67.8 Å². The van der Waals surface area contributed by atoms with E-state index in [1.54, 1.807) is 0 Å². The van der Waals surface area contributed by atoms with E-state index in [-0.39, 0.29) is 12.5 Å². The molecule has 1 rings (SSSR count). The number of amides is 1. The Kier molecular flexibility index (Phi) is 12.9. The maximum atomic E-state index is 10.1. The highest BCUT2D eigenvalue weighted by molar-refractivity contribution is 5.77. The Labute approximate surface area is 103 Å². The van der Waals surface area contributed by atoms with Crippen LogP contribution in [0.25, 0.3) is 0 Å². The molecule has 0 unspecified atom stereocenters. The zero-order chi connectivity index (χ0) is 12.8. The minimum Gasteiger partial charge on any atom is -0.394 e. The molecule has 0 saturated carbocycles. The fourth-order valence-electron chi connectivity index (χ4n) is 1.20. The Morgan fingerprint density at radius 3 is 2.35 bits per heavy atom. The van der Waals surface area contributed by atoms with Gasteiger partial charge in [0.1, 0.15) is 0 Å². The molecular formula is C12H25NO4. The van der Waals surface area contributed by atoms with Gasteiger partial charge in [0, 0.05) is 19.6 Å². The molecule has 102 valence electrons. The fraction of sp³-hybridized carbons (Fsp3) is 0.917. The molecule has 0 spiro atoms. The lowest BCUT2D eigenvalue weighted by Crippen LogP contribution is -2.12. The molecule has 0 aromatic carbocycles. The quantitative estimate of drug-likeness (QED) is 0.620. The molecule has 0 radical (unpaired) electrons. The summed E-state index contributed by atoms with van der Waals surface area (Å²) in [6.45, 7) is 5.57. The van der Waals surface area contributed by atoms with Gasteiger partial charge in [0.05, 0.1) is 26.4 Å². The van der Waals surface area contributed by atoms with Crippen molar-refractivity contribution in [3.8, 4) is 0 Å². The third kappa shape index (κ3) is 13.3. The maximum Gasteiger partial charge on any atom is 0.220 e. The minimum absolute atomic E-state index is 0.0922. The van der Waals surface area contributed by atoms with Crippen molar-refractivity contribution in [2.45, 2.75) is 32.6 Å². The number of hydrogen-bond acceptors (Lipinski definition) is 4. The van der Waals surface area contributed by atoms with E-state index in [9.17, 15) is 4.79 Å². The second-order valence-corrected chi connectivity index (χ2v) is 3.76. The highest BCUT2D eigenvalue weighted by atomic mass is 16.5. The smallest absolute Gasteiger partial charge is 0.220 e. The van der Waals surface area contributed by atoms with Crippen LogP contribution in [0.2, 0.25) is 0 Å². The SMILES string of the molecule is CCCCOCCOCCO.O=C1CCCN1. The van der Waals surface area contributed by atoms with Crippen molar-refractivity contribution >= 4 is 5.91 Å². The van der Waals surface area contributed by atoms with Gasteiger partial charge < -0.3 is 19.9 Å². The van der Waals surface area contributed by atoms with Gasteiger partial charge in [-0.1, -0.05) is 13.3 Å². The average molecular weight is 247 g/mol. The Hall–Kier alpha value is -0.650. The van der Waals surface area contributed by atoms with E-state index < -0.39 is 0 Å². The molecule has 1 amide bonds. The third-order valence-electron chi connectivity index (χ3n) is 2.15. The van der Waals surface area contributed by atoms with Gasteiger partial charge in [0.25, 0.3) is 0 Å². The highest BCUT2D eigenvalue weighted by Crippen LogP contribution is 1.93. The zero-order valence-electron chi connectivity index (χ0n) is 10.7. The summed E-state index contributed by atoms with van der Waals surface area (Å²) in [6.07, 6.45) is 4.04. The van der Waals surface area contributed by atoms with Crippen molar-refractivity contribution in [2.24, 2.45) is 0 Å². The van der Waals surface area contributed by atoms with Crippen molar-refractivity contribution < 1.29 is 19.4 Å². The first-order chi connectivity index (χ1) is 8.31. The number of unbranched alkanes of at least 4 members (excludes halogenated alkanes) is 1. The van der Waals surface area contributed by atoms with Crippen LogP contribution in [0.5, 0.6) is 0 Å². The van der Waals surface area contributed by atoms with E-state index >= 15 is 0 Å². The maximum absolute atomic E-state index is 10.1. The first-order valence-corrected chi connectivity index (χ1v) is 6.34. The molecule has 1 aliphatic heterocycles. The number of rotatable bonds is 8. The normalized spacial score (nSPS) is 14.1. The molecule has 2 N–H and O–H groups in total. The lowest BCUT2D eigenvalue weighted by molar-refractivity contribution is -0.119. The third-order valence-corrected chi connectivity index (χ3v) is 2.15. The second kappa shape index (κ2) is 13.4. The Morgan fingerprint density at radius 1 is 1.24 bits per heavy atom. The summed E-state index contributed by atoms with van der Waals surface area (Å²) >= 11 is 0. The van der Waals surface area contributed by atoms with Crippen LogP contribution in [-0.2, 0) is 14.3 Å². The van der Waals surface area contributed by atoms with Gasteiger partial charge >= 0.3 is 0 Å². The van der Waals surface area contributed by atoms with E-state index in [0.717, 1.165) is 38.8 Å². The molecule has 0 aliphatic carbocycles. The molecule has 0 aromatic rings. The van der Waals surface area contributed by atoms with Gasteiger partial charge in [-0.15, -0.1) is 0 Å². The van der Waals surface area contributed by atoms with Gasteiger partial charge in [0.2, 0.25) is 5.91 Å². The molecule has 5 heteroatoms. The molecule has 5 nitrogen and oxygen atoms in total. The van der Waals surface area contributed by atoms with Crippen molar-refractivity contribution in [3.05, 3.63) is 0 Å². The predicted molar refractivity (Wildman–Crippen MR) is 65.9 cm³/mol. The molecule has 0 atom stereocenters. The van der Waals surface area contributed by atoms with Gasteiger partial charge in [-0.2, -0.15) is 0 Å². The van der Waals surface area contributed by atoms with Crippen LogP contribution in [-0.4, -0.2) is 50.6 Å². The summed E-state index contributed by atoms with van der Waals surface area (Å²) in [7, 11) is 0. The summed E-state index contributed by atoms with van der Waals surface area (Å²) in [5.74, 6) is 0.204. The van der Waals surface area contributed by atoms with E-state index in [1.807, 2.05) is 0 Å². The fourth-order valence-corrected chi connectivity index (χ4v) is 1.20. The largest absolute Gasteiger partial charge is 0.394 e. The summed E-state index contributed by atoms with van der Waals surface area (Å²) in [4.78, 5) is 10.1. The van der Waals surface area contributed by atoms with E-state index in [4.69, 9.17) is 14.6 Å². The first-order valence-electron chi connectivity index (χ1n) is 6.34. The Balaban J connectivity index is 0.000000354. The average Bonchev–Trinajstić information content (AvgIpc) is 2.80. The predicted octanol–water partition coefficient (Wildman–Crippen LogP) is 0.708. The Morgan fingerprint density at radius 2 is 1.94 bits per heavy atom. The lowest BCUT2D eigenvalue weighted by Gasteiger charge is -2.02. The second-order valence-electron chi connectivity index (χ2n) is 3.76. The molecule has 1 heterocycles. The van der Waals surface area contributed by atoms with Crippen molar-refractivity contribution in [3.63, 3.8) is 0 Å². The molecule has 17 heavy (non-hydrogen) atoms. The highest BCUT2D eigenvalue weighted by Gasteiger charge is 2.05. The van der Waals surface area contributed by atoms with Crippen LogP contribution in [0.1, 0.15) is 32.6 Å². The van der Waals surface area contributed by atoms with Gasteiger partial charge in [-0.25, -0.2) is 0 Å². The summed E-state index contributed by atoms with van der Waals surface area (Å²) in [6, 6.07) is 0. The van der Waals surface area contributed by atoms with Gasteiger partial charge in [-0.3, -0.25) is 4.79 Å². The summed E-state index contributed by atoms with van der Waals surface area (Å²) < 4.78 is 10.2. The van der Waals surface area contributed by atoms with Crippen molar-refractivity contribution in [1.82, 2.24) is 5.32 Å². The van der Waals surface area contributed by atoms with Crippen LogP contribution < -0.4 is 5.32 Å². The minimum atomic E-state index is 0.0922. The standard InChI is InChI=1S/C8H18O3.C4H7NO/c1-2-3-5-10-7-8-11-6-4-9;6-4-2-1-3-5-4/h9H,2-8H2,1H3;1-3H2,(H,5,6).